The van der Waals surface area contributed by atoms with Gasteiger partial charge in [-0.2, -0.15) is 4.98 Å². The summed E-state index contributed by atoms with van der Waals surface area (Å²) in [6, 6.07) is 15.3. The predicted molar refractivity (Wildman–Crippen MR) is 103 cm³/mol. The van der Waals surface area contributed by atoms with Crippen LogP contribution in [0, 0.1) is 0 Å². The van der Waals surface area contributed by atoms with E-state index in [1.807, 2.05) is 48.7 Å². The predicted octanol–water partition coefficient (Wildman–Crippen LogP) is 4.63. The summed E-state index contributed by atoms with van der Waals surface area (Å²) in [7, 11) is 0. The maximum atomic E-state index is 12.5. The monoisotopic (exact) mass is 385 g/mol. The van der Waals surface area contributed by atoms with Gasteiger partial charge in [-0.3, -0.25) is 4.79 Å². The Morgan fingerprint density at radius 3 is 2.69 bits per heavy atom. The maximum absolute atomic E-state index is 12.5. The Morgan fingerprint density at radius 1 is 1.19 bits per heavy atom. The number of amides is 1. The number of aromatic nitrogens is 2. The zero-order valence-corrected chi connectivity index (χ0v) is 15.6. The SMILES string of the molecule is CSc1ccc(N2CC(c3nc(-c4ccccc4Cl)no3)CC2=O)cc1. The second-order valence-corrected chi connectivity index (χ2v) is 7.33. The summed E-state index contributed by atoms with van der Waals surface area (Å²) in [6.07, 6.45) is 2.38. The molecule has 2 heterocycles. The Labute approximate surface area is 160 Å². The van der Waals surface area contributed by atoms with Crippen molar-refractivity contribution in [1.29, 1.82) is 0 Å². The van der Waals surface area contributed by atoms with Crippen LogP contribution in [0.15, 0.2) is 57.9 Å². The molecule has 7 heteroatoms. The van der Waals surface area contributed by atoms with E-state index in [9.17, 15) is 4.79 Å². The highest BCUT2D eigenvalue weighted by molar-refractivity contribution is 7.98. The van der Waals surface area contributed by atoms with Crippen molar-refractivity contribution in [3.8, 4) is 11.4 Å². The Kier molecular flexibility index (Phi) is 4.70. The minimum absolute atomic E-state index is 0.0596. The van der Waals surface area contributed by atoms with Gasteiger partial charge in [0.2, 0.25) is 17.6 Å². The van der Waals surface area contributed by atoms with Gasteiger partial charge in [0.15, 0.2) is 0 Å². The van der Waals surface area contributed by atoms with E-state index in [2.05, 4.69) is 10.1 Å². The molecule has 1 saturated heterocycles. The lowest BCUT2D eigenvalue weighted by atomic mass is 10.1. The van der Waals surface area contributed by atoms with E-state index < -0.39 is 0 Å². The third kappa shape index (κ3) is 3.22. The molecule has 1 amide bonds. The van der Waals surface area contributed by atoms with Gasteiger partial charge in [0.25, 0.3) is 0 Å². The molecule has 1 aliphatic rings. The Hall–Kier alpha value is -2.31. The highest BCUT2D eigenvalue weighted by Gasteiger charge is 2.35. The van der Waals surface area contributed by atoms with Gasteiger partial charge < -0.3 is 9.42 Å². The molecule has 132 valence electrons. The van der Waals surface area contributed by atoms with Crippen LogP contribution < -0.4 is 4.90 Å². The minimum atomic E-state index is -0.119. The summed E-state index contributed by atoms with van der Waals surface area (Å²) in [5, 5.41) is 4.60. The number of carbonyl (C=O) groups excluding carboxylic acids is 1. The number of thioether (sulfide) groups is 1. The van der Waals surface area contributed by atoms with Crippen molar-refractivity contribution >= 4 is 35.0 Å². The summed E-state index contributed by atoms with van der Waals surface area (Å²) >= 11 is 7.87. The van der Waals surface area contributed by atoms with Crippen LogP contribution in [0.2, 0.25) is 5.02 Å². The van der Waals surface area contributed by atoms with Crippen molar-refractivity contribution in [3.63, 3.8) is 0 Å². The minimum Gasteiger partial charge on any atom is -0.339 e. The van der Waals surface area contributed by atoms with Crippen molar-refractivity contribution in [1.82, 2.24) is 10.1 Å². The lowest BCUT2D eigenvalue weighted by Gasteiger charge is -2.16. The molecule has 0 radical (unpaired) electrons. The van der Waals surface area contributed by atoms with Gasteiger partial charge in [-0.1, -0.05) is 28.9 Å². The van der Waals surface area contributed by atoms with Crippen molar-refractivity contribution in [2.24, 2.45) is 0 Å². The van der Waals surface area contributed by atoms with Crippen molar-refractivity contribution in [2.75, 3.05) is 17.7 Å². The van der Waals surface area contributed by atoms with Gasteiger partial charge in [-0.05, 0) is 42.7 Å². The molecule has 26 heavy (non-hydrogen) atoms. The fourth-order valence-electron chi connectivity index (χ4n) is 3.04. The Balaban J connectivity index is 1.55. The number of benzene rings is 2. The normalized spacial score (nSPS) is 17.1. The van der Waals surface area contributed by atoms with Crippen LogP contribution in [0.4, 0.5) is 5.69 Å². The molecule has 0 aliphatic carbocycles. The van der Waals surface area contributed by atoms with Gasteiger partial charge in [0.1, 0.15) is 0 Å². The molecule has 4 rings (SSSR count). The molecule has 1 unspecified atom stereocenters. The van der Waals surface area contributed by atoms with Gasteiger partial charge in [0.05, 0.1) is 10.9 Å². The number of carbonyl (C=O) groups is 1. The van der Waals surface area contributed by atoms with E-state index in [0.29, 0.717) is 29.7 Å². The van der Waals surface area contributed by atoms with Crippen LogP contribution in [-0.2, 0) is 4.79 Å². The number of rotatable bonds is 4. The van der Waals surface area contributed by atoms with E-state index in [0.717, 1.165) is 11.3 Å². The second kappa shape index (κ2) is 7.13. The topological polar surface area (TPSA) is 59.2 Å². The standard InChI is InChI=1S/C19H16ClN3O2S/c1-26-14-8-6-13(7-9-14)23-11-12(10-17(23)24)19-21-18(22-25-19)15-4-2-3-5-16(15)20/h2-9,12H,10-11H2,1H3. The second-order valence-electron chi connectivity index (χ2n) is 6.04. The third-order valence-electron chi connectivity index (χ3n) is 4.41. The van der Waals surface area contributed by atoms with Crippen LogP contribution >= 0.6 is 23.4 Å². The molecule has 0 spiro atoms. The first-order valence-corrected chi connectivity index (χ1v) is 9.79. The van der Waals surface area contributed by atoms with E-state index in [1.165, 1.54) is 4.90 Å². The first kappa shape index (κ1) is 17.1. The summed E-state index contributed by atoms with van der Waals surface area (Å²) < 4.78 is 5.43. The van der Waals surface area contributed by atoms with Crippen LogP contribution in [0.1, 0.15) is 18.2 Å². The van der Waals surface area contributed by atoms with E-state index in [4.69, 9.17) is 16.1 Å². The molecule has 0 saturated carbocycles. The van der Waals surface area contributed by atoms with Crippen LogP contribution in [0.3, 0.4) is 0 Å². The van der Waals surface area contributed by atoms with Crippen molar-refractivity contribution in [3.05, 3.63) is 59.4 Å². The average Bonchev–Trinajstić information content (AvgIpc) is 3.29. The average molecular weight is 386 g/mol. The first-order valence-electron chi connectivity index (χ1n) is 8.18. The molecule has 1 atom stereocenters. The molecule has 0 bridgehead atoms. The quantitative estimate of drug-likeness (QED) is 0.612. The lowest BCUT2D eigenvalue weighted by Crippen LogP contribution is -2.24. The number of anilines is 1. The summed E-state index contributed by atoms with van der Waals surface area (Å²) in [5.74, 6) is 0.855. The molecule has 2 aromatic carbocycles. The number of hydrogen-bond donors (Lipinski definition) is 0. The smallest absolute Gasteiger partial charge is 0.232 e. The van der Waals surface area contributed by atoms with Gasteiger partial charge in [-0.15, -0.1) is 11.8 Å². The fourth-order valence-corrected chi connectivity index (χ4v) is 3.67. The van der Waals surface area contributed by atoms with E-state index >= 15 is 0 Å². The van der Waals surface area contributed by atoms with E-state index in [-0.39, 0.29) is 11.8 Å². The largest absolute Gasteiger partial charge is 0.339 e. The first-order chi connectivity index (χ1) is 12.7. The molecule has 3 aromatic rings. The summed E-state index contributed by atoms with van der Waals surface area (Å²) in [6.45, 7) is 0.529. The zero-order chi connectivity index (χ0) is 18.1. The van der Waals surface area contributed by atoms with Crippen LogP contribution in [0.5, 0.6) is 0 Å². The molecule has 1 aliphatic heterocycles. The molecule has 5 nitrogen and oxygen atoms in total. The van der Waals surface area contributed by atoms with Gasteiger partial charge in [-0.25, -0.2) is 0 Å². The van der Waals surface area contributed by atoms with Crippen molar-refractivity contribution in [2.45, 2.75) is 17.2 Å². The van der Waals surface area contributed by atoms with Gasteiger partial charge in [0, 0.05) is 29.1 Å². The van der Waals surface area contributed by atoms with Crippen LogP contribution in [0.25, 0.3) is 11.4 Å². The molecular weight excluding hydrogens is 370 g/mol. The number of hydrogen-bond acceptors (Lipinski definition) is 5. The fraction of sp³-hybridized carbons (Fsp3) is 0.211. The zero-order valence-electron chi connectivity index (χ0n) is 14.1. The van der Waals surface area contributed by atoms with Crippen molar-refractivity contribution < 1.29 is 9.32 Å². The summed E-state index contributed by atoms with van der Waals surface area (Å²) in [4.78, 5) is 19.9. The lowest BCUT2D eigenvalue weighted by molar-refractivity contribution is -0.117. The molecular formula is C19H16ClN3O2S. The molecule has 1 aromatic heterocycles. The Morgan fingerprint density at radius 2 is 1.96 bits per heavy atom. The third-order valence-corrected chi connectivity index (χ3v) is 5.49. The van der Waals surface area contributed by atoms with Crippen LogP contribution in [-0.4, -0.2) is 28.8 Å². The van der Waals surface area contributed by atoms with E-state index in [1.54, 1.807) is 22.7 Å². The Bertz CT molecular complexity index is 942. The van der Waals surface area contributed by atoms with Gasteiger partial charge >= 0.3 is 0 Å². The molecule has 0 N–H and O–H groups in total. The maximum Gasteiger partial charge on any atom is 0.232 e. The highest BCUT2D eigenvalue weighted by atomic mass is 35.5. The summed E-state index contributed by atoms with van der Waals surface area (Å²) in [5.41, 5.74) is 1.61. The number of nitrogens with zero attached hydrogens (tertiary/aromatic N) is 3. The number of halogens is 1. The highest BCUT2D eigenvalue weighted by Crippen LogP contribution is 2.33. The molecule has 1 fully saturated rings.